The van der Waals surface area contributed by atoms with Crippen molar-refractivity contribution in [2.24, 2.45) is 0 Å². The number of carbonyl (C=O) groups is 3. The van der Waals surface area contributed by atoms with Gasteiger partial charge in [-0.15, -0.1) is 0 Å². The lowest BCUT2D eigenvalue weighted by Crippen LogP contribution is -2.38. The van der Waals surface area contributed by atoms with Gasteiger partial charge in [0, 0.05) is 18.2 Å². The molecule has 17 heavy (non-hydrogen) atoms. The Bertz CT molecular complexity index is 323. The molecule has 0 bridgehead atoms. The van der Waals surface area contributed by atoms with Crippen molar-refractivity contribution in [2.45, 2.75) is 43.8 Å². The smallest absolute Gasteiger partial charge is 0.311 e. The molecule has 1 saturated carbocycles. The molecule has 0 aliphatic heterocycles. The van der Waals surface area contributed by atoms with Gasteiger partial charge in [-0.25, -0.2) is 0 Å². The van der Waals surface area contributed by atoms with E-state index in [0.29, 0.717) is 6.54 Å². The number of hydrogen-bond acceptors (Lipinski definition) is 4. The van der Waals surface area contributed by atoms with Crippen LogP contribution in [-0.2, 0) is 14.4 Å². The number of carboxylic acid groups (broad SMARTS) is 1. The number of hydrogen-bond donors (Lipinski definition) is 2. The molecule has 0 atom stereocenters. The topological polar surface area (TPSA) is 83.5 Å². The van der Waals surface area contributed by atoms with Crippen LogP contribution in [0.5, 0.6) is 0 Å². The van der Waals surface area contributed by atoms with Gasteiger partial charge in [-0.05, 0) is 12.8 Å². The predicted octanol–water partition coefficient (Wildman–Crippen LogP) is 1.17. The zero-order valence-corrected chi connectivity index (χ0v) is 10.6. The second-order valence-corrected chi connectivity index (χ2v) is 5.87. The van der Waals surface area contributed by atoms with E-state index in [1.807, 2.05) is 0 Å². The summed E-state index contributed by atoms with van der Waals surface area (Å²) in [5, 5.41) is 11.0. The maximum Gasteiger partial charge on any atom is 0.311 e. The molecule has 0 aromatic rings. The molecular weight excluding hydrogens is 242 g/mol. The van der Waals surface area contributed by atoms with Gasteiger partial charge < -0.3 is 10.4 Å². The fourth-order valence-corrected chi connectivity index (χ4v) is 3.34. The monoisotopic (exact) mass is 259 g/mol. The van der Waals surface area contributed by atoms with Crippen molar-refractivity contribution in [3.8, 4) is 0 Å². The first-order valence-electron chi connectivity index (χ1n) is 5.62. The Labute approximate surface area is 104 Å². The van der Waals surface area contributed by atoms with E-state index in [1.54, 1.807) is 0 Å². The zero-order valence-electron chi connectivity index (χ0n) is 9.82. The average Bonchev–Trinajstić information content (AvgIpc) is 2.62. The standard InChI is InChI=1S/C11H17NO4S/c1-8(13)12-7-11(4-2-3-5-11)17-10(16)6-9(14)15/h2-7H2,1H3,(H,12,13)(H,14,15). The van der Waals surface area contributed by atoms with Crippen LogP contribution in [0.15, 0.2) is 0 Å². The van der Waals surface area contributed by atoms with Gasteiger partial charge >= 0.3 is 5.97 Å². The number of amides is 1. The zero-order chi connectivity index (χ0) is 12.9. The molecule has 0 unspecified atom stereocenters. The van der Waals surface area contributed by atoms with Crippen LogP contribution in [0.25, 0.3) is 0 Å². The number of carbonyl (C=O) groups excluding carboxylic acids is 2. The first-order valence-corrected chi connectivity index (χ1v) is 6.43. The highest BCUT2D eigenvalue weighted by molar-refractivity contribution is 8.14. The fourth-order valence-electron chi connectivity index (χ4n) is 2.02. The van der Waals surface area contributed by atoms with Crippen molar-refractivity contribution in [1.82, 2.24) is 5.32 Å². The lowest BCUT2D eigenvalue weighted by molar-refractivity contribution is -0.138. The molecule has 0 saturated heterocycles. The summed E-state index contributed by atoms with van der Waals surface area (Å²) in [4.78, 5) is 32.9. The Balaban J connectivity index is 2.55. The molecule has 0 aromatic heterocycles. The van der Waals surface area contributed by atoms with Gasteiger partial charge in [0.25, 0.3) is 0 Å². The Morgan fingerprint density at radius 1 is 1.29 bits per heavy atom. The van der Waals surface area contributed by atoms with Gasteiger partial charge in [-0.3, -0.25) is 14.4 Å². The molecule has 6 heteroatoms. The Morgan fingerprint density at radius 2 is 1.88 bits per heavy atom. The highest BCUT2D eigenvalue weighted by Crippen LogP contribution is 2.41. The van der Waals surface area contributed by atoms with Gasteiger partial charge in [0.2, 0.25) is 11.0 Å². The van der Waals surface area contributed by atoms with Gasteiger partial charge in [0.05, 0.1) is 0 Å². The lowest BCUT2D eigenvalue weighted by atomic mass is 10.1. The minimum Gasteiger partial charge on any atom is -0.481 e. The second-order valence-electron chi connectivity index (χ2n) is 4.34. The molecule has 0 heterocycles. The molecule has 0 spiro atoms. The van der Waals surface area contributed by atoms with E-state index in [4.69, 9.17) is 5.11 Å². The Hall–Kier alpha value is -1.04. The van der Waals surface area contributed by atoms with Crippen LogP contribution in [0, 0.1) is 0 Å². The third kappa shape index (κ3) is 4.77. The summed E-state index contributed by atoms with van der Waals surface area (Å²) >= 11 is 1.09. The van der Waals surface area contributed by atoms with Crippen LogP contribution >= 0.6 is 11.8 Å². The normalized spacial score (nSPS) is 17.7. The second kappa shape index (κ2) is 6.05. The molecule has 0 aromatic carbocycles. The lowest BCUT2D eigenvalue weighted by Gasteiger charge is -2.27. The van der Waals surface area contributed by atoms with Crippen molar-refractivity contribution >= 4 is 28.8 Å². The van der Waals surface area contributed by atoms with E-state index >= 15 is 0 Å². The molecule has 5 nitrogen and oxygen atoms in total. The Morgan fingerprint density at radius 3 is 2.35 bits per heavy atom. The first-order chi connectivity index (χ1) is 7.93. The van der Waals surface area contributed by atoms with Gasteiger partial charge in [0.15, 0.2) is 0 Å². The molecule has 0 radical (unpaired) electrons. The van der Waals surface area contributed by atoms with Gasteiger partial charge in [0.1, 0.15) is 6.42 Å². The first kappa shape index (κ1) is 14.0. The van der Waals surface area contributed by atoms with Crippen LogP contribution < -0.4 is 5.32 Å². The summed E-state index contributed by atoms with van der Waals surface area (Å²) in [5.41, 5.74) is 0. The highest BCUT2D eigenvalue weighted by atomic mass is 32.2. The fraction of sp³-hybridized carbons (Fsp3) is 0.727. The third-order valence-corrected chi connectivity index (χ3v) is 4.16. The van der Waals surface area contributed by atoms with E-state index < -0.39 is 12.4 Å². The van der Waals surface area contributed by atoms with Crippen molar-refractivity contribution in [2.75, 3.05) is 6.54 Å². The summed E-state index contributed by atoms with van der Waals surface area (Å²) in [6.07, 6.45) is 3.29. The number of aliphatic carboxylic acids is 1. The van der Waals surface area contributed by atoms with E-state index in [2.05, 4.69) is 5.32 Å². The molecule has 1 rings (SSSR count). The maximum atomic E-state index is 11.5. The van der Waals surface area contributed by atoms with Crippen molar-refractivity contribution in [3.63, 3.8) is 0 Å². The third-order valence-electron chi connectivity index (χ3n) is 2.80. The SMILES string of the molecule is CC(=O)NCC1(SC(=O)CC(=O)O)CCCC1. The van der Waals surface area contributed by atoms with Crippen LogP contribution in [0.2, 0.25) is 0 Å². The molecule has 2 N–H and O–H groups in total. The minimum atomic E-state index is -1.10. The molecule has 1 fully saturated rings. The molecule has 1 aliphatic carbocycles. The van der Waals surface area contributed by atoms with Crippen molar-refractivity contribution in [3.05, 3.63) is 0 Å². The van der Waals surface area contributed by atoms with Crippen molar-refractivity contribution in [1.29, 1.82) is 0 Å². The quantitative estimate of drug-likeness (QED) is 0.724. The number of nitrogens with one attached hydrogen (secondary N) is 1. The summed E-state index contributed by atoms with van der Waals surface area (Å²) in [6, 6.07) is 0. The van der Waals surface area contributed by atoms with Crippen LogP contribution in [0.1, 0.15) is 39.0 Å². The van der Waals surface area contributed by atoms with Gasteiger partial charge in [-0.2, -0.15) is 0 Å². The molecule has 96 valence electrons. The largest absolute Gasteiger partial charge is 0.481 e. The van der Waals surface area contributed by atoms with Crippen LogP contribution in [0.3, 0.4) is 0 Å². The Kier molecular flexibility index (Phi) is 4.99. The van der Waals surface area contributed by atoms with Crippen LogP contribution in [0.4, 0.5) is 0 Å². The average molecular weight is 259 g/mol. The van der Waals surface area contributed by atoms with Crippen LogP contribution in [-0.4, -0.2) is 33.4 Å². The maximum absolute atomic E-state index is 11.5. The summed E-state index contributed by atoms with van der Waals surface area (Å²) in [5.74, 6) is -1.22. The number of thioether (sulfide) groups is 1. The number of rotatable bonds is 5. The summed E-state index contributed by atoms with van der Waals surface area (Å²) < 4.78 is -0.293. The van der Waals surface area contributed by atoms with Gasteiger partial charge in [-0.1, -0.05) is 24.6 Å². The van der Waals surface area contributed by atoms with E-state index in [0.717, 1.165) is 37.4 Å². The minimum absolute atomic E-state index is 0.123. The number of carboxylic acids is 1. The van der Waals surface area contributed by atoms with Crippen molar-refractivity contribution < 1.29 is 19.5 Å². The highest BCUT2D eigenvalue weighted by Gasteiger charge is 2.37. The molecule has 1 amide bonds. The summed E-state index contributed by atoms with van der Waals surface area (Å²) in [7, 11) is 0. The predicted molar refractivity (Wildman–Crippen MR) is 64.7 cm³/mol. The van der Waals surface area contributed by atoms with E-state index in [1.165, 1.54) is 6.92 Å². The molecular formula is C11H17NO4S. The summed E-state index contributed by atoms with van der Waals surface area (Å²) in [6.45, 7) is 1.88. The van der Waals surface area contributed by atoms with E-state index in [9.17, 15) is 14.4 Å². The van der Waals surface area contributed by atoms with E-state index in [-0.39, 0.29) is 15.8 Å². The molecule has 1 aliphatic rings.